The number of hydrogen-bond acceptors (Lipinski definition) is 1. The molecule has 2 heteroatoms. The van der Waals surface area contributed by atoms with E-state index in [1.807, 2.05) is 0 Å². The van der Waals surface area contributed by atoms with Gasteiger partial charge in [-0.05, 0) is 25.8 Å². The molecule has 96 valence electrons. The van der Waals surface area contributed by atoms with Gasteiger partial charge in [0.25, 0.3) is 0 Å². The van der Waals surface area contributed by atoms with Crippen molar-refractivity contribution in [3.63, 3.8) is 0 Å². The van der Waals surface area contributed by atoms with Crippen LogP contribution in [-0.2, 0) is 0 Å². The zero-order valence-corrected chi connectivity index (χ0v) is 12.5. The van der Waals surface area contributed by atoms with Gasteiger partial charge >= 0.3 is 0 Å². The Labute approximate surface area is 110 Å². The highest BCUT2D eigenvalue weighted by Gasteiger charge is 2.19. The van der Waals surface area contributed by atoms with Crippen molar-refractivity contribution in [3.05, 3.63) is 0 Å². The van der Waals surface area contributed by atoms with Crippen LogP contribution < -0.4 is 0 Å². The van der Waals surface area contributed by atoms with Crippen LogP contribution in [0.1, 0.15) is 64.7 Å². The van der Waals surface area contributed by atoms with Gasteiger partial charge in [0.1, 0.15) is 0 Å². The Morgan fingerprint density at radius 1 is 1.00 bits per heavy atom. The van der Waals surface area contributed by atoms with Gasteiger partial charge in [-0.1, -0.05) is 61.4 Å². The van der Waals surface area contributed by atoms with Crippen molar-refractivity contribution in [1.29, 1.82) is 0 Å². The summed E-state index contributed by atoms with van der Waals surface area (Å²) >= 11 is 3.60. The summed E-state index contributed by atoms with van der Waals surface area (Å²) in [6.07, 6.45) is 12.8. The molecule has 1 rings (SSSR count). The number of nitrogens with zero attached hydrogens (tertiary/aromatic N) is 1. The summed E-state index contributed by atoms with van der Waals surface area (Å²) in [7, 11) is 0. The molecule has 0 saturated heterocycles. The van der Waals surface area contributed by atoms with E-state index in [9.17, 15) is 0 Å². The molecule has 16 heavy (non-hydrogen) atoms. The van der Waals surface area contributed by atoms with Crippen molar-refractivity contribution < 1.29 is 0 Å². The smallest absolute Gasteiger partial charge is 0.0159 e. The highest BCUT2D eigenvalue weighted by atomic mass is 79.9. The first kappa shape index (κ1) is 14.5. The normalized spacial score (nSPS) is 18.2. The molecular weight excluding hydrogens is 262 g/mol. The quantitative estimate of drug-likeness (QED) is 0.466. The molecule has 1 fully saturated rings. The molecule has 1 saturated carbocycles. The van der Waals surface area contributed by atoms with Gasteiger partial charge in [0.15, 0.2) is 0 Å². The molecule has 0 aromatic rings. The Balaban J connectivity index is 2.22. The first-order valence-corrected chi connectivity index (χ1v) is 8.30. The van der Waals surface area contributed by atoms with E-state index in [1.54, 1.807) is 0 Å². The molecule has 0 radical (unpaired) electrons. The molecule has 0 aliphatic heterocycles. The standard InChI is InChI=1S/C14H28BrN/c1-2-3-4-8-12-16(13-11-15)14-9-6-5-7-10-14/h14H,2-13H2,1H3. The third kappa shape index (κ3) is 5.67. The van der Waals surface area contributed by atoms with Crippen molar-refractivity contribution in [2.75, 3.05) is 18.4 Å². The average molecular weight is 290 g/mol. The van der Waals surface area contributed by atoms with Gasteiger partial charge in [-0.3, -0.25) is 4.90 Å². The molecule has 0 aromatic heterocycles. The molecule has 0 N–H and O–H groups in total. The summed E-state index contributed by atoms with van der Waals surface area (Å²) in [5.41, 5.74) is 0. The van der Waals surface area contributed by atoms with Crippen molar-refractivity contribution >= 4 is 15.9 Å². The highest BCUT2D eigenvalue weighted by Crippen LogP contribution is 2.23. The van der Waals surface area contributed by atoms with E-state index >= 15 is 0 Å². The third-order valence-corrected chi connectivity index (χ3v) is 4.12. The molecule has 0 heterocycles. The molecular formula is C14H28BrN. The molecule has 1 nitrogen and oxygen atoms in total. The first-order chi connectivity index (χ1) is 7.88. The fraction of sp³-hybridized carbons (Fsp3) is 1.00. The van der Waals surface area contributed by atoms with Gasteiger partial charge in [-0.2, -0.15) is 0 Å². The molecule has 0 amide bonds. The predicted molar refractivity (Wildman–Crippen MR) is 76.4 cm³/mol. The van der Waals surface area contributed by atoms with Gasteiger partial charge in [0.2, 0.25) is 0 Å². The lowest BCUT2D eigenvalue weighted by molar-refractivity contribution is 0.162. The number of hydrogen-bond donors (Lipinski definition) is 0. The minimum atomic E-state index is 0.896. The van der Waals surface area contributed by atoms with Gasteiger partial charge < -0.3 is 0 Å². The topological polar surface area (TPSA) is 3.24 Å². The Morgan fingerprint density at radius 3 is 2.38 bits per heavy atom. The van der Waals surface area contributed by atoms with Crippen molar-refractivity contribution in [2.45, 2.75) is 70.8 Å². The molecule has 0 spiro atoms. The lowest BCUT2D eigenvalue weighted by atomic mass is 9.94. The van der Waals surface area contributed by atoms with E-state index in [1.165, 1.54) is 70.9 Å². The predicted octanol–water partition coefficient (Wildman–Crippen LogP) is 4.60. The highest BCUT2D eigenvalue weighted by molar-refractivity contribution is 9.09. The van der Waals surface area contributed by atoms with E-state index in [0.29, 0.717) is 0 Å². The van der Waals surface area contributed by atoms with Crippen LogP contribution in [0.3, 0.4) is 0 Å². The third-order valence-electron chi connectivity index (χ3n) is 3.76. The van der Waals surface area contributed by atoms with Crippen LogP contribution in [0.15, 0.2) is 0 Å². The van der Waals surface area contributed by atoms with Gasteiger partial charge in [0, 0.05) is 17.9 Å². The molecule has 1 aliphatic carbocycles. The number of alkyl halides is 1. The van der Waals surface area contributed by atoms with Crippen LogP contribution in [0.2, 0.25) is 0 Å². The molecule has 0 unspecified atom stereocenters. The van der Waals surface area contributed by atoms with Gasteiger partial charge in [-0.15, -0.1) is 0 Å². The fourth-order valence-electron chi connectivity index (χ4n) is 2.77. The van der Waals surface area contributed by atoms with Crippen LogP contribution in [0.25, 0.3) is 0 Å². The summed E-state index contributed by atoms with van der Waals surface area (Å²) in [6.45, 7) is 4.87. The Kier molecular flexibility index (Phi) is 8.58. The lowest BCUT2D eigenvalue weighted by Gasteiger charge is -2.34. The van der Waals surface area contributed by atoms with Crippen LogP contribution >= 0.6 is 15.9 Å². The lowest BCUT2D eigenvalue weighted by Crippen LogP contribution is -2.38. The molecule has 0 atom stereocenters. The van der Waals surface area contributed by atoms with E-state index in [2.05, 4.69) is 27.8 Å². The van der Waals surface area contributed by atoms with Crippen molar-refractivity contribution in [1.82, 2.24) is 4.90 Å². The minimum absolute atomic E-state index is 0.896. The summed E-state index contributed by atoms with van der Waals surface area (Å²) in [6, 6.07) is 0.896. The molecule has 1 aliphatic rings. The SMILES string of the molecule is CCCCCCN(CCBr)C1CCCCC1. The Hall–Kier alpha value is 0.440. The van der Waals surface area contributed by atoms with E-state index in [0.717, 1.165) is 11.4 Å². The van der Waals surface area contributed by atoms with Crippen LogP contribution in [0.5, 0.6) is 0 Å². The second kappa shape index (κ2) is 9.47. The van der Waals surface area contributed by atoms with Crippen molar-refractivity contribution in [3.8, 4) is 0 Å². The number of rotatable bonds is 8. The second-order valence-corrected chi connectivity index (χ2v) is 5.87. The van der Waals surface area contributed by atoms with E-state index in [-0.39, 0.29) is 0 Å². The largest absolute Gasteiger partial charge is 0.300 e. The fourth-order valence-corrected chi connectivity index (χ4v) is 3.23. The monoisotopic (exact) mass is 289 g/mol. The first-order valence-electron chi connectivity index (χ1n) is 7.18. The summed E-state index contributed by atoms with van der Waals surface area (Å²) < 4.78 is 0. The molecule has 0 bridgehead atoms. The molecule has 0 aromatic carbocycles. The Morgan fingerprint density at radius 2 is 1.75 bits per heavy atom. The summed E-state index contributed by atoms with van der Waals surface area (Å²) in [4.78, 5) is 2.74. The maximum atomic E-state index is 3.60. The number of halogens is 1. The average Bonchev–Trinajstić information content (AvgIpc) is 2.34. The van der Waals surface area contributed by atoms with Crippen LogP contribution in [0.4, 0.5) is 0 Å². The van der Waals surface area contributed by atoms with Crippen LogP contribution in [-0.4, -0.2) is 29.4 Å². The van der Waals surface area contributed by atoms with Gasteiger partial charge in [-0.25, -0.2) is 0 Å². The zero-order valence-electron chi connectivity index (χ0n) is 10.9. The van der Waals surface area contributed by atoms with Crippen LogP contribution in [0, 0.1) is 0 Å². The maximum Gasteiger partial charge on any atom is 0.0159 e. The zero-order chi connectivity index (χ0) is 11.6. The maximum absolute atomic E-state index is 3.60. The van der Waals surface area contributed by atoms with Crippen molar-refractivity contribution in [2.24, 2.45) is 0 Å². The second-order valence-electron chi connectivity index (χ2n) is 5.08. The van der Waals surface area contributed by atoms with E-state index in [4.69, 9.17) is 0 Å². The van der Waals surface area contributed by atoms with E-state index < -0.39 is 0 Å². The Bertz CT molecular complexity index is 155. The summed E-state index contributed by atoms with van der Waals surface area (Å²) in [5, 5.41) is 1.14. The summed E-state index contributed by atoms with van der Waals surface area (Å²) in [5.74, 6) is 0. The number of unbranched alkanes of at least 4 members (excludes halogenated alkanes) is 3. The minimum Gasteiger partial charge on any atom is -0.300 e. The van der Waals surface area contributed by atoms with Gasteiger partial charge in [0.05, 0.1) is 0 Å².